The highest BCUT2D eigenvalue weighted by Gasteiger charge is 2.19. The number of nitriles is 1. The Hall–Kier alpha value is -1.66. The van der Waals surface area contributed by atoms with Gasteiger partial charge in [0.15, 0.2) is 0 Å². The van der Waals surface area contributed by atoms with E-state index in [0.29, 0.717) is 5.56 Å². The predicted octanol–water partition coefficient (Wildman–Crippen LogP) is 3.79. The molecule has 0 amide bonds. The van der Waals surface area contributed by atoms with E-state index in [9.17, 15) is 0 Å². The zero-order valence-corrected chi connectivity index (χ0v) is 10.6. The molecule has 0 aromatic heterocycles. The molecule has 1 aromatic rings. The Morgan fingerprint density at radius 2 is 2.06 bits per heavy atom. The second-order valence-corrected chi connectivity index (χ2v) is 4.80. The van der Waals surface area contributed by atoms with Gasteiger partial charge in [-0.1, -0.05) is 37.4 Å². The Labute approximate surface area is 106 Å². The lowest BCUT2D eigenvalue weighted by atomic mass is 10.1. The van der Waals surface area contributed by atoms with Crippen LogP contribution in [0.5, 0.6) is 0 Å². The topological polar surface area (TPSA) is 27.0 Å². The first-order valence-corrected chi connectivity index (χ1v) is 6.48. The summed E-state index contributed by atoms with van der Waals surface area (Å²) >= 11 is 1.66. The molecule has 0 aliphatic carbocycles. The highest BCUT2D eigenvalue weighted by atomic mass is 32.2. The average Bonchev–Trinajstić information content (AvgIpc) is 2.72. The molecule has 0 fully saturated rings. The van der Waals surface area contributed by atoms with Crippen molar-refractivity contribution in [2.45, 2.75) is 13.3 Å². The maximum Gasteiger partial charge on any atom is 0.0991 e. The third-order valence-electron chi connectivity index (χ3n) is 2.66. The predicted molar refractivity (Wildman–Crippen MR) is 72.9 cm³/mol. The fourth-order valence-electron chi connectivity index (χ4n) is 1.79. The number of nitrogens with zero attached hydrogens (tertiary/aromatic N) is 2. The Morgan fingerprint density at radius 1 is 1.35 bits per heavy atom. The molecule has 0 saturated carbocycles. The van der Waals surface area contributed by atoms with Crippen LogP contribution < -0.4 is 0 Å². The Morgan fingerprint density at radius 3 is 2.65 bits per heavy atom. The van der Waals surface area contributed by atoms with Gasteiger partial charge in [-0.05, 0) is 24.1 Å². The van der Waals surface area contributed by atoms with Crippen LogP contribution in [0.4, 0.5) is 0 Å². The third kappa shape index (κ3) is 2.37. The standard InChI is InChI=1S/C14H14N2S/c1-3-8-16-11(2)17-10-14(16)13-6-4-12(9-15)5-7-13/h4-7,10H,2-3,8H2,1H3. The van der Waals surface area contributed by atoms with Crippen molar-refractivity contribution in [3.8, 4) is 6.07 Å². The number of rotatable bonds is 3. The summed E-state index contributed by atoms with van der Waals surface area (Å²) in [5.41, 5.74) is 3.02. The van der Waals surface area contributed by atoms with Crippen LogP contribution in [0.3, 0.4) is 0 Å². The monoisotopic (exact) mass is 242 g/mol. The van der Waals surface area contributed by atoms with E-state index >= 15 is 0 Å². The minimum absolute atomic E-state index is 0.695. The van der Waals surface area contributed by atoms with E-state index in [4.69, 9.17) is 5.26 Å². The van der Waals surface area contributed by atoms with Gasteiger partial charge in [-0.25, -0.2) is 0 Å². The number of thioether (sulfide) groups is 1. The molecule has 0 bridgehead atoms. The van der Waals surface area contributed by atoms with E-state index in [2.05, 4.69) is 29.9 Å². The van der Waals surface area contributed by atoms with Crippen molar-refractivity contribution in [2.75, 3.05) is 6.54 Å². The Balaban J connectivity index is 2.27. The number of hydrogen-bond acceptors (Lipinski definition) is 3. The van der Waals surface area contributed by atoms with Crippen molar-refractivity contribution < 1.29 is 0 Å². The fourth-order valence-corrected chi connectivity index (χ4v) is 2.62. The number of hydrogen-bond donors (Lipinski definition) is 0. The second-order valence-electron chi connectivity index (χ2n) is 3.86. The SMILES string of the molecule is C=C1SC=C(c2ccc(C#N)cc2)N1CCC. The van der Waals surface area contributed by atoms with Crippen molar-refractivity contribution in [2.24, 2.45) is 0 Å². The first-order valence-electron chi connectivity index (χ1n) is 5.60. The quantitative estimate of drug-likeness (QED) is 0.807. The molecular weight excluding hydrogens is 228 g/mol. The summed E-state index contributed by atoms with van der Waals surface area (Å²) in [5.74, 6) is 0. The average molecular weight is 242 g/mol. The highest BCUT2D eigenvalue weighted by molar-refractivity contribution is 8.06. The molecule has 17 heavy (non-hydrogen) atoms. The highest BCUT2D eigenvalue weighted by Crippen LogP contribution is 2.38. The normalized spacial score (nSPS) is 14.7. The molecule has 0 radical (unpaired) electrons. The summed E-state index contributed by atoms with van der Waals surface area (Å²) in [5, 5.41) is 12.0. The zero-order chi connectivity index (χ0) is 12.3. The Bertz CT molecular complexity index is 494. The second kappa shape index (κ2) is 5.11. The van der Waals surface area contributed by atoms with Crippen molar-refractivity contribution in [1.82, 2.24) is 4.90 Å². The summed E-state index contributed by atoms with van der Waals surface area (Å²) in [6.45, 7) is 7.19. The molecular formula is C14H14N2S. The van der Waals surface area contributed by atoms with Gasteiger partial charge in [0, 0.05) is 12.0 Å². The molecule has 0 saturated heterocycles. The summed E-state index contributed by atoms with van der Waals surface area (Å²) in [6, 6.07) is 9.83. The maximum atomic E-state index is 8.78. The Kier molecular flexibility index (Phi) is 3.55. The molecule has 1 heterocycles. The number of benzene rings is 1. The molecule has 1 aliphatic heterocycles. The van der Waals surface area contributed by atoms with Gasteiger partial charge in [-0.15, -0.1) is 0 Å². The molecule has 0 atom stereocenters. The van der Waals surface area contributed by atoms with Gasteiger partial charge in [0.1, 0.15) is 0 Å². The molecule has 1 aliphatic rings. The van der Waals surface area contributed by atoms with Gasteiger partial charge in [-0.2, -0.15) is 5.26 Å². The van der Waals surface area contributed by atoms with Gasteiger partial charge in [0.2, 0.25) is 0 Å². The van der Waals surface area contributed by atoms with E-state index in [-0.39, 0.29) is 0 Å². The van der Waals surface area contributed by atoms with Crippen LogP contribution in [-0.2, 0) is 0 Å². The van der Waals surface area contributed by atoms with Gasteiger partial charge < -0.3 is 4.90 Å². The minimum Gasteiger partial charge on any atom is -0.336 e. The maximum absolute atomic E-state index is 8.78. The van der Waals surface area contributed by atoms with E-state index < -0.39 is 0 Å². The van der Waals surface area contributed by atoms with Crippen LogP contribution in [0.2, 0.25) is 0 Å². The van der Waals surface area contributed by atoms with Crippen molar-refractivity contribution in [3.05, 3.63) is 52.4 Å². The van der Waals surface area contributed by atoms with Gasteiger partial charge in [0.25, 0.3) is 0 Å². The van der Waals surface area contributed by atoms with Crippen molar-refractivity contribution in [1.29, 1.82) is 5.26 Å². The molecule has 3 heteroatoms. The largest absolute Gasteiger partial charge is 0.336 e. The molecule has 0 spiro atoms. The zero-order valence-electron chi connectivity index (χ0n) is 9.81. The van der Waals surface area contributed by atoms with Crippen LogP contribution in [0.15, 0.2) is 41.3 Å². The molecule has 2 rings (SSSR count). The summed E-state index contributed by atoms with van der Waals surface area (Å²) in [4.78, 5) is 2.23. The molecule has 0 N–H and O–H groups in total. The van der Waals surface area contributed by atoms with Gasteiger partial charge in [-0.3, -0.25) is 0 Å². The van der Waals surface area contributed by atoms with Crippen LogP contribution >= 0.6 is 11.8 Å². The van der Waals surface area contributed by atoms with E-state index in [1.807, 2.05) is 24.3 Å². The first-order chi connectivity index (χ1) is 8.26. The van der Waals surface area contributed by atoms with Gasteiger partial charge in [0.05, 0.1) is 22.4 Å². The minimum atomic E-state index is 0.695. The lowest BCUT2D eigenvalue weighted by molar-refractivity contribution is 0.520. The van der Waals surface area contributed by atoms with Gasteiger partial charge >= 0.3 is 0 Å². The smallest absolute Gasteiger partial charge is 0.0991 e. The lowest BCUT2D eigenvalue weighted by Crippen LogP contribution is -2.16. The summed E-state index contributed by atoms with van der Waals surface area (Å²) in [6.07, 6.45) is 1.09. The van der Waals surface area contributed by atoms with E-state index in [1.165, 1.54) is 5.70 Å². The molecule has 86 valence electrons. The van der Waals surface area contributed by atoms with Crippen LogP contribution in [0, 0.1) is 11.3 Å². The third-order valence-corrected chi connectivity index (χ3v) is 3.49. The van der Waals surface area contributed by atoms with Crippen molar-refractivity contribution in [3.63, 3.8) is 0 Å². The van der Waals surface area contributed by atoms with Crippen LogP contribution in [0.25, 0.3) is 5.70 Å². The van der Waals surface area contributed by atoms with E-state index in [1.54, 1.807) is 11.8 Å². The fraction of sp³-hybridized carbons (Fsp3) is 0.214. The van der Waals surface area contributed by atoms with Crippen LogP contribution in [-0.4, -0.2) is 11.4 Å². The van der Waals surface area contributed by atoms with E-state index in [0.717, 1.165) is 23.6 Å². The lowest BCUT2D eigenvalue weighted by Gasteiger charge is -2.22. The molecule has 2 nitrogen and oxygen atoms in total. The summed E-state index contributed by atoms with van der Waals surface area (Å²) in [7, 11) is 0. The van der Waals surface area contributed by atoms with Crippen LogP contribution in [0.1, 0.15) is 24.5 Å². The first kappa shape index (κ1) is 11.8. The molecule has 1 aromatic carbocycles. The summed E-state index contributed by atoms with van der Waals surface area (Å²) < 4.78 is 0. The van der Waals surface area contributed by atoms with Crippen molar-refractivity contribution >= 4 is 17.5 Å². The molecule has 0 unspecified atom stereocenters.